The molecule has 1 fully saturated rings. The zero-order valence-corrected chi connectivity index (χ0v) is 15.5. The van der Waals surface area contributed by atoms with Crippen LogP contribution in [0.15, 0.2) is 12.3 Å². The van der Waals surface area contributed by atoms with Crippen molar-refractivity contribution >= 4 is 34.9 Å². The van der Waals surface area contributed by atoms with Crippen LogP contribution >= 0.6 is 11.6 Å². The maximum absolute atomic E-state index is 13.0. The number of ether oxygens (including phenoxy) is 1. The van der Waals surface area contributed by atoms with Crippen LogP contribution in [0, 0.1) is 0 Å². The van der Waals surface area contributed by atoms with Gasteiger partial charge in [-0.1, -0.05) is 11.6 Å². The Bertz CT molecular complexity index is 879. The van der Waals surface area contributed by atoms with Crippen LogP contribution in [0.1, 0.15) is 37.7 Å². The molecule has 2 heterocycles. The molecule has 1 aliphatic rings. The number of nitrogens with zero attached hydrogens (tertiary/aromatic N) is 4. The third kappa shape index (κ3) is 3.72. The van der Waals surface area contributed by atoms with Gasteiger partial charge in [0.25, 0.3) is 5.91 Å². The van der Waals surface area contributed by atoms with Crippen molar-refractivity contribution in [3.05, 3.63) is 23.1 Å². The fourth-order valence-corrected chi connectivity index (χ4v) is 2.49. The molecule has 2 aromatic rings. The van der Waals surface area contributed by atoms with Crippen LogP contribution in [0.5, 0.6) is 0 Å². The average Bonchev–Trinajstić information content (AvgIpc) is 3.04. The highest BCUT2D eigenvalue weighted by Crippen LogP contribution is 2.27. The first-order valence-electron chi connectivity index (χ1n) is 8.03. The molecular weight excluding hydrogens is 365 g/mol. The number of imidazole rings is 1. The summed E-state index contributed by atoms with van der Waals surface area (Å²) in [6, 6.07) is 0.963. The van der Waals surface area contributed by atoms with Gasteiger partial charge in [-0.05, 0) is 20.8 Å². The van der Waals surface area contributed by atoms with E-state index in [2.05, 4.69) is 15.4 Å². The number of aromatic nitrogens is 3. The molecule has 2 amide bonds. The molecule has 140 valence electrons. The molecule has 0 spiro atoms. The molecule has 0 bridgehead atoms. The number of fused-ring (bicyclic) bond motifs is 1. The Hall–Kier alpha value is -2.42. The summed E-state index contributed by atoms with van der Waals surface area (Å²) in [7, 11) is 1.51. The molecule has 8 nitrogen and oxygen atoms in total. The van der Waals surface area contributed by atoms with Crippen LogP contribution in [-0.2, 0) is 4.74 Å². The number of carbonyl (C=O) groups is 2. The zero-order valence-electron chi connectivity index (χ0n) is 14.8. The Balaban J connectivity index is 1.94. The van der Waals surface area contributed by atoms with Crippen LogP contribution in [0.3, 0.4) is 0 Å². The number of amides is 2. The molecule has 1 aliphatic carbocycles. The van der Waals surface area contributed by atoms with Crippen LogP contribution < -0.4 is 10.2 Å². The summed E-state index contributed by atoms with van der Waals surface area (Å²) in [6.45, 7) is 5.26. The molecule has 0 aromatic carbocycles. The van der Waals surface area contributed by atoms with E-state index >= 15 is 0 Å². The SMILES string of the molecule is CN(C(=O)OC(C)(C)C)c1cc(Cl)nn2c(C(=O)N[C@H]3C[C@H]3F)cnc12. The molecule has 0 unspecified atom stereocenters. The molecular formula is C16H19ClFN5O3. The standard InChI is InChI=1S/C16H19ClFN5O3/c1-16(2,3)26-15(25)22(4)10-6-12(17)21-23-11(7-19-13(10)23)14(24)20-9-5-8(9)18/h6-9H,5H2,1-4H3,(H,20,24)/t8-,9+/m1/s1. The second kappa shape index (κ2) is 6.39. The maximum atomic E-state index is 13.0. The fraction of sp³-hybridized carbons (Fsp3) is 0.500. The van der Waals surface area contributed by atoms with Gasteiger partial charge < -0.3 is 10.1 Å². The maximum Gasteiger partial charge on any atom is 0.414 e. The third-order valence-electron chi connectivity index (χ3n) is 3.71. The van der Waals surface area contributed by atoms with Gasteiger partial charge in [0.15, 0.2) is 16.5 Å². The molecule has 0 radical (unpaired) electrons. The van der Waals surface area contributed by atoms with Gasteiger partial charge >= 0.3 is 6.09 Å². The second-order valence-corrected chi connectivity index (χ2v) is 7.49. The Kier molecular flexibility index (Phi) is 4.51. The van der Waals surface area contributed by atoms with Gasteiger partial charge in [0.2, 0.25) is 0 Å². The Labute approximate surface area is 154 Å². The molecule has 2 atom stereocenters. The van der Waals surface area contributed by atoms with E-state index in [-0.39, 0.29) is 16.5 Å². The van der Waals surface area contributed by atoms with Crippen molar-refractivity contribution < 1.29 is 18.7 Å². The summed E-state index contributed by atoms with van der Waals surface area (Å²) in [6.07, 6.45) is -0.0308. The van der Waals surface area contributed by atoms with Crippen molar-refractivity contribution in [3.8, 4) is 0 Å². The molecule has 26 heavy (non-hydrogen) atoms. The van der Waals surface area contributed by atoms with Gasteiger partial charge in [-0.25, -0.2) is 18.7 Å². The number of rotatable bonds is 3. The minimum atomic E-state index is -1.02. The van der Waals surface area contributed by atoms with Crippen molar-refractivity contribution in [2.45, 2.75) is 45.0 Å². The van der Waals surface area contributed by atoms with E-state index in [1.54, 1.807) is 20.8 Å². The number of carbonyl (C=O) groups excluding carboxylic acids is 2. The van der Waals surface area contributed by atoms with Crippen LogP contribution in [0.25, 0.3) is 5.65 Å². The Morgan fingerprint density at radius 2 is 2.12 bits per heavy atom. The highest BCUT2D eigenvalue weighted by molar-refractivity contribution is 6.29. The normalized spacial score (nSPS) is 19.3. The number of hydrogen-bond acceptors (Lipinski definition) is 5. The Morgan fingerprint density at radius 3 is 2.69 bits per heavy atom. The van der Waals surface area contributed by atoms with Crippen molar-refractivity contribution in [2.75, 3.05) is 11.9 Å². The molecule has 0 saturated heterocycles. The lowest BCUT2D eigenvalue weighted by Crippen LogP contribution is -2.34. The largest absolute Gasteiger partial charge is 0.443 e. The zero-order chi connectivity index (χ0) is 19.2. The molecule has 1 saturated carbocycles. The van der Waals surface area contributed by atoms with Crippen molar-refractivity contribution in [1.82, 2.24) is 19.9 Å². The average molecular weight is 384 g/mol. The van der Waals surface area contributed by atoms with E-state index in [0.717, 1.165) is 0 Å². The van der Waals surface area contributed by atoms with Crippen molar-refractivity contribution in [2.24, 2.45) is 0 Å². The summed E-state index contributed by atoms with van der Waals surface area (Å²) in [4.78, 5) is 30.0. The topological polar surface area (TPSA) is 88.8 Å². The quantitative estimate of drug-likeness (QED) is 0.880. The number of halogens is 2. The fourth-order valence-electron chi connectivity index (χ4n) is 2.31. The lowest BCUT2D eigenvalue weighted by molar-refractivity contribution is 0.0589. The van der Waals surface area contributed by atoms with Gasteiger partial charge in [0.1, 0.15) is 11.8 Å². The number of nitrogens with one attached hydrogen (secondary N) is 1. The molecule has 3 rings (SSSR count). The van der Waals surface area contributed by atoms with E-state index < -0.39 is 29.8 Å². The van der Waals surface area contributed by atoms with Crippen LogP contribution in [0.2, 0.25) is 5.15 Å². The van der Waals surface area contributed by atoms with E-state index in [0.29, 0.717) is 12.1 Å². The smallest absolute Gasteiger partial charge is 0.414 e. The van der Waals surface area contributed by atoms with Crippen molar-refractivity contribution in [1.29, 1.82) is 0 Å². The highest BCUT2D eigenvalue weighted by atomic mass is 35.5. The predicted molar refractivity (Wildman–Crippen MR) is 93.4 cm³/mol. The lowest BCUT2D eigenvalue weighted by atomic mass is 10.2. The summed E-state index contributed by atoms with van der Waals surface area (Å²) >= 11 is 6.05. The second-order valence-electron chi connectivity index (χ2n) is 7.10. The highest BCUT2D eigenvalue weighted by Gasteiger charge is 2.39. The van der Waals surface area contributed by atoms with E-state index in [9.17, 15) is 14.0 Å². The summed E-state index contributed by atoms with van der Waals surface area (Å²) in [5, 5.41) is 6.68. The summed E-state index contributed by atoms with van der Waals surface area (Å²) < 4.78 is 19.6. The van der Waals surface area contributed by atoms with Gasteiger partial charge in [-0.2, -0.15) is 5.10 Å². The molecule has 0 aliphatic heterocycles. The van der Waals surface area contributed by atoms with Crippen molar-refractivity contribution in [3.63, 3.8) is 0 Å². The van der Waals surface area contributed by atoms with E-state index in [4.69, 9.17) is 16.3 Å². The van der Waals surface area contributed by atoms with Crippen LogP contribution in [0.4, 0.5) is 14.9 Å². The summed E-state index contributed by atoms with van der Waals surface area (Å²) in [5.41, 5.74) is 0.000521. The molecule has 2 aromatic heterocycles. The minimum absolute atomic E-state index is 0.0600. The minimum Gasteiger partial charge on any atom is -0.443 e. The monoisotopic (exact) mass is 383 g/mol. The molecule has 10 heteroatoms. The first kappa shape index (κ1) is 18.4. The predicted octanol–water partition coefficient (Wildman–Crippen LogP) is 2.59. The van der Waals surface area contributed by atoms with E-state index in [1.165, 1.54) is 28.7 Å². The number of anilines is 1. The van der Waals surface area contributed by atoms with Gasteiger partial charge in [-0.15, -0.1) is 0 Å². The third-order valence-corrected chi connectivity index (χ3v) is 3.89. The van der Waals surface area contributed by atoms with Gasteiger partial charge in [-0.3, -0.25) is 9.69 Å². The van der Waals surface area contributed by atoms with Gasteiger partial charge in [0.05, 0.1) is 17.9 Å². The lowest BCUT2D eigenvalue weighted by Gasteiger charge is -2.24. The first-order chi connectivity index (χ1) is 12.1. The number of alkyl halides is 1. The Morgan fingerprint density at radius 1 is 1.46 bits per heavy atom. The number of hydrogen-bond donors (Lipinski definition) is 1. The van der Waals surface area contributed by atoms with Crippen LogP contribution in [-0.4, -0.2) is 51.5 Å². The first-order valence-corrected chi connectivity index (χ1v) is 8.40. The molecule has 1 N–H and O–H groups in total. The van der Waals surface area contributed by atoms with E-state index in [1.807, 2.05) is 0 Å². The van der Waals surface area contributed by atoms with Gasteiger partial charge in [0, 0.05) is 19.5 Å². The summed E-state index contributed by atoms with van der Waals surface area (Å²) in [5.74, 6) is -0.511.